The smallest absolute Gasteiger partial charge is 0.269 e. The van der Waals surface area contributed by atoms with Crippen LogP contribution in [0, 0.1) is 10.6 Å². The molecule has 0 bridgehead atoms. The predicted molar refractivity (Wildman–Crippen MR) is 53.2 cm³/mol. The molecule has 0 fully saturated rings. The van der Waals surface area contributed by atoms with Crippen LogP contribution in [0.25, 0.3) is 0 Å². The Labute approximate surface area is 88.5 Å². The van der Waals surface area contributed by atoms with Gasteiger partial charge < -0.3 is 4.74 Å². The van der Waals surface area contributed by atoms with Gasteiger partial charge in [-0.3, -0.25) is 0 Å². The molecular formula is C8H8F2INO. The number of hydrogen-bond donors (Lipinski definition) is 0. The molecule has 0 radical (unpaired) electrons. The highest BCUT2D eigenvalue weighted by Crippen LogP contribution is 2.31. The molecule has 1 heterocycles. The average Bonchev–Trinajstić information content (AvgIpc) is 2.01. The van der Waals surface area contributed by atoms with Crippen LogP contribution in [0.15, 0.2) is 6.07 Å². The van der Waals surface area contributed by atoms with Crippen LogP contribution in [0.4, 0.5) is 8.78 Å². The molecule has 1 aromatic rings. The van der Waals surface area contributed by atoms with E-state index in [2.05, 4.69) is 4.98 Å². The molecule has 0 atom stereocenters. The van der Waals surface area contributed by atoms with E-state index in [1.54, 1.807) is 6.92 Å². The molecule has 0 spiro atoms. The van der Waals surface area contributed by atoms with E-state index in [4.69, 9.17) is 4.74 Å². The molecule has 2 nitrogen and oxygen atoms in total. The summed E-state index contributed by atoms with van der Waals surface area (Å²) in [4.78, 5) is 3.93. The topological polar surface area (TPSA) is 22.1 Å². The van der Waals surface area contributed by atoms with Crippen LogP contribution in [0.2, 0.25) is 0 Å². The number of hydrogen-bond acceptors (Lipinski definition) is 2. The number of halogens is 3. The summed E-state index contributed by atoms with van der Waals surface area (Å²) < 4.78 is 30.5. The van der Waals surface area contributed by atoms with Gasteiger partial charge in [-0.2, -0.15) is 0 Å². The minimum absolute atomic E-state index is 0.122. The number of ether oxygens (including phenoxy) is 1. The predicted octanol–water partition coefficient (Wildman–Crippen LogP) is 2.94. The van der Waals surface area contributed by atoms with Gasteiger partial charge in [-0.1, -0.05) is 0 Å². The van der Waals surface area contributed by atoms with Crippen molar-refractivity contribution < 1.29 is 13.5 Å². The second-order valence-electron chi connectivity index (χ2n) is 2.45. The molecule has 72 valence electrons. The second kappa shape index (κ2) is 4.17. The van der Waals surface area contributed by atoms with Crippen molar-refractivity contribution in [3.63, 3.8) is 0 Å². The van der Waals surface area contributed by atoms with E-state index in [9.17, 15) is 8.78 Å². The highest BCUT2D eigenvalue weighted by atomic mass is 127. The van der Waals surface area contributed by atoms with Crippen LogP contribution in [-0.4, -0.2) is 12.1 Å². The van der Waals surface area contributed by atoms with Gasteiger partial charge in [0.2, 0.25) is 0 Å². The van der Waals surface area contributed by atoms with E-state index in [0.29, 0.717) is 9.39 Å². The average molecular weight is 299 g/mol. The Morgan fingerprint density at radius 2 is 2.15 bits per heavy atom. The van der Waals surface area contributed by atoms with Crippen LogP contribution in [-0.2, 0) is 0 Å². The van der Waals surface area contributed by atoms with Crippen LogP contribution in [0.5, 0.6) is 5.75 Å². The van der Waals surface area contributed by atoms with Crippen LogP contribution in [0.1, 0.15) is 17.7 Å². The first-order chi connectivity index (χ1) is 6.06. The first-order valence-corrected chi connectivity index (χ1v) is 4.63. The third kappa shape index (κ3) is 2.26. The van der Waals surface area contributed by atoms with E-state index in [0.717, 1.165) is 0 Å². The number of aromatic nitrogens is 1. The Kier molecular flexibility index (Phi) is 3.40. The molecule has 0 unspecified atom stereocenters. The largest absolute Gasteiger partial charge is 0.496 e. The van der Waals surface area contributed by atoms with Gasteiger partial charge in [0.15, 0.2) is 0 Å². The maximum absolute atomic E-state index is 12.5. The fourth-order valence-corrected chi connectivity index (χ4v) is 1.70. The normalized spacial score (nSPS) is 10.6. The van der Waals surface area contributed by atoms with Crippen molar-refractivity contribution in [2.24, 2.45) is 0 Å². The molecule has 13 heavy (non-hydrogen) atoms. The third-order valence-corrected chi connectivity index (χ3v) is 2.17. The summed E-state index contributed by atoms with van der Waals surface area (Å²) in [5, 5.41) is 0. The summed E-state index contributed by atoms with van der Waals surface area (Å²) >= 11 is 1.96. The van der Waals surface area contributed by atoms with Crippen molar-refractivity contribution in [1.82, 2.24) is 4.98 Å². The number of methoxy groups -OCH3 is 1. The SMILES string of the molecule is COc1cc(I)nc(C)c1C(F)F. The number of nitrogens with zero attached hydrogens (tertiary/aromatic N) is 1. The number of aryl methyl sites for hydroxylation is 1. The number of rotatable bonds is 2. The molecule has 1 aromatic heterocycles. The Morgan fingerprint density at radius 1 is 1.54 bits per heavy atom. The first-order valence-electron chi connectivity index (χ1n) is 3.55. The molecule has 0 amide bonds. The Balaban J connectivity index is 3.30. The van der Waals surface area contributed by atoms with Gasteiger partial charge in [-0.05, 0) is 29.5 Å². The minimum Gasteiger partial charge on any atom is -0.496 e. The van der Waals surface area contributed by atoms with Gasteiger partial charge >= 0.3 is 0 Å². The molecule has 0 saturated carbocycles. The van der Waals surface area contributed by atoms with Crippen LogP contribution < -0.4 is 4.74 Å². The van der Waals surface area contributed by atoms with Gasteiger partial charge in [0.05, 0.1) is 18.4 Å². The van der Waals surface area contributed by atoms with Gasteiger partial charge in [0, 0.05) is 6.07 Å². The van der Waals surface area contributed by atoms with E-state index >= 15 is 0 Å². The summed E-state index contributed by atoms with van der Waals surface area (Å²) in [5.74, 6) is 0.201. The molecule has 0 aliphatic heterocycles. The zero-order chi connectivity index (χ0) is 10.0. The summed E-state index contributed by atoms with van der Waals surface area (Å²) in [5.41, 5.74) is 0.196. The molecule has 0 saturated heterocycles. The lowest BCUT2D eigenvalue weighted by atomic mass is 10.2. The third-order valence-electron chi connectivity index (χ3n) is 1.62. The summed E-state index contributed by atoms with van der Waals surface area (Å²) in [7, 11) is 1.37. The lowest BCUT2D eigenvalue weighted by Crippen LogP contribution is -1.99. The van der Waals surface area contributed by atoms with Crippen molar-refractivity contribution in [2.75, 3.05) is 7.11 Å². The van der Waals surface area contributed by atoms with Crippen molar-refractivity contribution in [3.8, 4) is 5.75 Å². The van der Waals surface area contributed by atoms with E-state index in [1.165, 1.54) is 13.2 Å². The zero-order valence-electron chi connectivity index (χ0n) is 7.14. The van der Waals surface area contributed by atoms with Gasteiger partial charge in [-0.25, -0.2) is 13.8 Å². The Hall–Kier alpha value is -0.460. The van der Waals surface area contributed by atoms with E-state index < -0.39 is 6.43 Å². The fraction of sp³-hybridized carbons (Fsp3) is 0.375. The Bertz CT molecular complexity index is 317. The molecule has 0 aliphatic rings. The minimum atomic E-state index is -2.54. The lowest BCUT2D eigenvalue weighted by molar-refractivity contribution is 0.145. The Morgan fingerprint density at radius 3 is 2.62 bits per heavy atom. The van der Waals surface area contributed by atoms with Gasteiger partial charge in [0.1, 0.15) is 9.45 Å². The molecule has 0 N–H and O–H groups in total. The standard InChI is InChI=1S/C8H8F2INO/c1-4-7(8(9)10)5(13-2)3-6(11)12-4/h3,8H,1-2H3. The summed E-state index contributed by atoms with van der Waals surface area (Å²) in [6.07, 6.45) is -2.54. The van der Waals surface area contributed by atoms with Crippen molar-refractivity contribution in [1.29, 1.82) is 0 Å². The highest BCUT2D eigenvalue weighted by Gasteiger charge is 2.18. The number of alkyl halides is 2. The maximum Gasteiger partial charge on any atom is 0.269 e. The van der Waals surface area contributed by atoms with Crippen LogP contribution in [0.3, 0.4) is 0 Å². The molecule has 0 aromatic carbocycles. The van der Waals surface area contributed by atoms with Crippen molar-refractivity contribution >= 4 is 22.6 Å². The molecule has 0 aliphatic carbocycles. The lowest BCUT2D eigenvalue weighted by Gasteiger charge is -2.10. The van der Waals surface area contributed by atoms with E-state index in [1.807, 2.05) is 22.6 Å². The van der Waals surface area contributed by atoms with Crippen LogP contribution >= 0.6 is 22.6 Å². The highest BCUT2D eigenvalue weighted by molar-refractivity contribution is 14.1. The molecule has 1 rings (SSSR count). The van der Waals surface area contributed by atoms with Gasteiger partial charge in [0.25, 0.3) is 6.43 Å². The van der Waals surface area contributed by atoms with Gasteiger partial charge in [-0.15, -0.1) is 0 Å². The first kappa shape index (κ1) is 10.6. The zero-order valence-corrected chi connectivity index (χ0v) is 9.30. The monoisotopic (exact) mass is 299 g/mol. The summed E-state index contributed by atoms with van der Waals surface area (Å²) in [6.45, 7) is 1.55. The molecular weight excluding hydrogens is 291 g/mol. The molecule has 5 heteroatoms. The summed E-state index contributed by atoms with van der Waals surface area (Å²) in [6, 6.07) is 1.50. The number of pyridine rings is 1. The maximum atomic E-state index is 12.5. The van der Waals surface area contributed by atoms with Crippen molar-refractivity contribution in [3.05, 3.63) is 21.0 Å². The quantitative estimate of drug-likeness (QED) is 0.619. The van der Waals surface area contributed by atoms with E-state index in [-0.39, 0.29) is 11.3 Å². The fourth-order valence-electron chi connectivity index (χ4n) is 1.05. The second-order valence-corrected chi connectivity index (χ2v) is 3.55. The van der Waals surface area contributed by atoms with Crippen molar-refractivity contribution in [2.45, 2.75) is 13.3 Å².